The zero-order valence-corrected chi connectivity index (χ0v) is 21.1. The molecule has 3 saturated heterocycles. The molecule has 3 amide bonds. The van der Waals surface area contributed by atoms with Crippen molar-refractivity contribution < 1.29 is 14.3 Å². The fraction of sp³-hybridized carbons (Fsp3) is 0.500. The number of hydrogen-bond donors (Lipinski definition) is 0. The van der Waals surface area contributed by atoms with Crippen LogP contribution in [-0.2, 0) is 11.3 Å². The molecule has 35 heavy (non-hydrogen) atoms. The third kappa shape index (κ3) is 4.16. The first-order valence-corrected chi connectivity index (χ1v) is 12.8. The van der Waals surface area contributed by atoms with Gasteiger partial charge in [-0.25, -0.2) is 9.69 Å². The highest BCUT2D eigenvalue weighted by atomic mass is 16.5. The van der Waals surface area contributed by atoms with Crippen LogP contribution in [0.15, 0.2) is 42.5 Å². The maximum absolute atomic E-state index is 13.8. The molecular formula is C28H36N4O3. The number of benzene rings is 2. The molecule has 0 aliphatic carbocycles. The zero-order chi connectivity index (χ0) is 24.6. The van der Waals surface area contributed by atoms with Gasteiger partial charge >= 0.3 is 6.03 Å². The molecule has 0 bridgehead atoms. The van der Waals surface area contributed by atoms with E-state index in [0.717, 1.165) is 38.3 Å². The van der Waals surface area contributed by atoms with Crippen molar-refractivity contribution >= 4 is 23.3 Å². The number of nitrogens with zero attached hydrogens (tertiary/aromatic N) is 4. The molecular weight excluding hydrogens is 440 g/mol. The van der Waals surface area contributed by atoms with E-state index in [0.29, 0.717) is 30.8 Å². The summed E-state index contributed by atoms with van der Waals surface area (Å²) in [7, 11) is 1.61. The topological polar surface area (TPSA) is 56.3 Å². The summed E-state index contributed by atoms with van der Waals surface area (Å²) in [5.74, 6) is 0.572. The van der Waals surface area contributed by atoms with E-state index < -0.39 is 5.54 Å². The number of ether oxygens (including phenoxy) is 1. The number of likely N-dealkylation sites (tertiary alicyclic amines) is 1. The maximum atomic E-state index is 13.8. The number of piperidine rings is 1. The minimum atomic E-state index is -0.764. The predicted molar refractivity (Wildman–Crippen MR) is 138 cm³/mol. The summed E-state index contributed by atoms with van der Waals surface area (Å²) in [4.78, 5) is 35.2. The van der Waals surface area contributed by atoms with Gasteiger partial charge in [0.15, 0.2) is 0 Å². The van der Waals surface area contributed by atoms with E-state index in [-0.39, 0.29) is 11.9 Å². The molecule has 3 aliphatic rings. The number of carbonyl (C=O) groups is 2. The Morgan fingerprint density at radius 3 is 2.20 bits per heavy atom. The van der Waals surface area contributed by atoms with Crippen LogP contribution < -0.4 is 14.5 Å². The first-order chi connectivity index (χ1) is 17.0. The van der Waals surface area contributed by atoms with Gasteiger partial charge in [-0.15, -0.1) is 0 Å². The van der Waals surface area contributed by atoms with E-state index in [1.807, 2.05) is 26.0 Å². The van der Waals surface area contributed by atoms with Crippen LogP contribution in [0.4, 0.5) is 16.2 Å². The summed E-state index contributed by atoms with van der Waals surface area (Å²) in [6.07, 6.45) is 3.86. The van der Waals surface area contributed by atoms with Crippen molar-refractivity contribution in [1.82, 2.24) is 9.80 Å². The van der Waals surface area contributed by atoms with Gasteiger partial charge in [-0.3, -0.25) is 9.69 Å². The molecule has 0 N–H and O–H groups in total. The van der Waals surface area contributed by atoms with Crippen LogP contribution in [0.1, 0.15) is 43.7 Å². The maximum Gasteiger partial charge on any atom is 0.332 e. The van der Waals surface area contributed by atoms with Crippen LogP contribution in [0, 0.1) is 6.92 Å². The molecule has 0 unspecified atom stereocenters. The van der Waals surface area contributed by atoms with Gasteiger partial charge in [0.05, 0.1) is 12.8 Å². The molecule has 5 rings (SSSR count). The SMILES string of the molecule is CCN1C(=O)N(c2ccc(C)c(OC)c2)C(=O)C12CCN(Cc1ccc(N3CCCC3)cc1)CC2. The Balaban J connectivity index is 1.28. The molecule has 0 atom stereocenters. The number of likely N-dealkylation sites (N-methyl/N-ethyl adjacent to an activating group) is 1. The lowest BCUT2D eigenvalue weighted by molar-refractivity contribution is -0.127. The molecule has 2 aromatic carbocycles. The highest BCUT2D eigenvalue weighted by Crippen LogP contribution is 2.40. The molecule has 1 spiro atoms. The van der Waals surface area contributed by atoms with E-state index in [2.05, 4.69) is 34.1 Å². The molecule has 7 nitrogen and oxygen atoms in total. The average Bonchev–Trinajstić information content (AvgIpc) is 3.48. The van der Waals surface area contributed by atoms with E-state index in [4.69, 9.17) is 4.74 Å². The van der Waals surface area contributed by atoms with Crippen molar-refractivity contribution in [3.05, 3.63) is 53.6 Å². The largest absolute Gasteiger partial charge is 0.496 e. The smallest absolute Gasteiger partial charge is 0.332 e. The monoisotopic (exact) mass is 476 g/mol. The minimum Gasteiger partial charge on any atom is -0.496 e. The lowest BCUT2D eigenvalue weighted by Gasteiger charge is -2.41. The number of hydrogen-bond acceptors (Lipinski definition) is 5. The number of urea groups is 1. The normalized spacial score (nSPS) is 20.4. The van der Waals surface area contributed by atoms with Crippen molar-refractivity contribution in [3.63, 3.8) is 0 Å². The lowest BCUT2D eigenvalue weighted by Crippen LogP contribution is -2.56. The number of amides is 3. The molecule has 0 radical (unpaired) electrons. The number of carbonyl (C=O) groups excluding carboxylic acids is 2. The number of rotatable bonds is 6. The van der Waals surface area contributed by atoms with Crippen molar-refractivity contribution in [1.29, 1.82) is 0 Å². The highest BCUT2D eigenvalue weighted by molar-refractivity contribution is 6.23. The Morgan fingerprint density at radius 2 is 1.57 bits per heavy atom. The van der Waals surface area contributed by atoms with Gasteiger partial charge in [0.1, 0.15) is 11.3 Å². The molecule has 3 fully saturated rings. The van der Waals surface area contributed by atoms with Gasteiger partial charge in [0.2, 0.25) is 0 Å². The summed E-state index contributed by atoms with van der Waals surface area (Å²) in [6, 6.07) is 14.2. The standard InChI is InChI=1S/C28H36N4O3/c1-4-31-27(34)32(24-10-7-21(2)25(19-24)35-3)26(33)28(31)13-17-29(18-14-28)20-22-8-11-23(12-9-22)30-15-5-6-16-30/h7-12,19H,4-6,13-18,20H2,1-3H3. The number of aryl methyl sites for hydroxylation is 1. The minimum absolute atomic E-state index is 0.107. The van der Waals surface area contributed by atoms with Crippen LogP contribution >= 0.6 is 0 Å². The Labute approximate surface area is 208 Å². The van der Waals surface area contributed by atoms with Crippen molar-refractivity contribution in [2.45, 2.75) is 51.6 Å². The Kier molecular flexibility index (Phi) is 6.45. The molecule has 7 heteroatoms. The summed E-state index contributed by atoms with van der Waals surface area (Å²) in [5, 5.41) is 0. The van der Waals surface area contributed by atoms with Crippen molar-refractivity contribution in [3.8, 4) is 5.75 Å². The zero-order valence-electron chi connectivity index (χ0n) is 21.1. The van der Waals surface area contributed by atoms with Gasteiger partial charge in [0, 0.05) is 51.0 Å². The van der Waals surface area contributed by atoms with E-state index in [1.54, 1.807) is 18.1 Å². The first-order valence-electron chi connectivity index (χ1n) is 12.8. The first kappa shape index (κ1) is 23.7. The van der Waals surface area contributed by atoms with Gasteiger partial charge in [-0.2, -0.15) is 0 Å². The molecule has 186 valence electrons. The fourth-order valence-corrected chi connectivity index (χ4v) is 5.94. The Hall–Kier alpha value is -3.06. The molecule has 0 aromatic heterocycles. The van der Waals surface area contributed by atoms with Gasteiger partial charge < -0.3 is 14.5 Å². The summed E-state index contributed by atoms with van der Waals surface area (Å²) in [5.41, 5.74) is 3.39. The summed E-state index contributed by atoms with van der Waals surface area (Å²) >= 11 is 0. The van der Waals surface area contributed by atoms with Gasteiger partial charge in [-0.05, 0) is 68.9 Å². The second-order valence-electron chi connectivity index (χ2n) is 9.99. The average molecular weight is 477 g/mol. The second-order valence-corrected chi connectivity index (χ2v) is 9.99. The third-order valence-corrected chi connectivity index (χ3v) is 8.00. The van der Waals surface area contributed by atoms with E-state index in [1.165, 1.54) is 29.0 Å². The Bertz CT molecular complexity index is 1090. The van der Waals surface area contributed by atoms with E-state index in [9.17, 15) is 9.59 Å². The number of anilines is 2. The van der Waals surface area contributed by atoms with Crippen LogP contribution in [0.3, 0.4) is 0 Å². The Morgan fingerprint density at radius 1 is 0.914 bits per heavy atom. The van der Waals surface area contributed by atoms with Gasteiger partial charge in [0.25, 0.3) is 5.91 Å². The van der Waals surface area contributed by atoms with Gasteiger partial charge in [-0.1, -0.05) is 18.2 Å². The van der Waals surface area contributed by atoms with Crippen LogP contribution in [0.5, 0.6) is 5.75 Å². The van der Waals surface area contributed by atoms with Crippen molar-refractivity contribution in [2.24, 2.45) is 0 Å². The van der Waals surface area contributed by atoms with Crippen LogP contribution in [0.25, 0.3) is 0 Å². The van der Waals surface area contributed by atoms with Crippen LogP contribution in [0.2, 0.25) is 0 Å². The number of imide groups is 1. The highest BCUT2D eigenvalue weighted by Gasteiger charge is 2.57. The summed E-state index contributed by atoms with van der Waals surface area (Å²) in [6.45, 7) is 9.17. The number of methoxy groups -OCH3 is 1. The van der Waals surface area contributed by atoms with Crippen LogP contribution in [-0.4, -0.2) is 67.1 Å². The second kappa shape index (κ2) is 9.53. The van der Waals surface area contributed by atoms with Crippen molar-refractivity contribution in [2.75, 3.05) is 49.6 Å². The molecule has 2 aromatic rings. The summed E-state index contributed by atoms with van der Waals surface area (Å²) < 4.78 is 5.44. The molecule has 3 heterocycles. The fourth-order valence-electron chi connectivity index (χ4n) is 5.94. The predicted octanol–water partition coefficient (Wildman–Crippen LogP) is 4.43. The third-order valence-electron chi connectivity index (χ3n) is 8.00. The quantitative estimate of drug-likeness (QED) is 0.578. The van der Waals surface area contributed by atoms with E-state index >= 15 is 0 Å². The lowest BCUT2D eigenvalue weighted by atomic mass is 9.85. The molecule has 0 saturated carbocycles. The molecule has 3 aliphatic heterocycles.